The van der Waals surface area contributed by atoms with Crippen LogP contribution in [0.5, 0.6) is 0 Å². The van der Waals surface area contributed by atoms with Crippen LogP contribution in [0, 0.1) is 11.8 Å². The molecule has 0 spiro atoms. The number of amides is 1. The van der Waals surface area contributed by atoms with E-state index in [1.54, 1.807) is 6.92 Å². The van der Waals surface area contributed by atoms with Gasteiger partial charge in [-0.15, -0.1) is 0 Å². The van der Waals surface area contributed by atoms with Gasteiger partial charge in [0.15, 0.2) is 0 Å². The van der Waals surface area contributed by atoms with Crippen LogP contribution in [-0.2, 0) is 4.79 Å². The minimum Gasteiger partial charge on any atom is -0.352 e. The largest absolute Gasteiger partial charge is 0.352 e. The van der Waals surface area contributed by atoms with Crippen molar-refractivity contribution in [3.8, 4) is 0 Å². The number of nitrogens with one attached hydrogen (secondary N) is 1. The van der Waals surface area contributed by atoms with Gasteiger partial charge in [0.05, 0.1) is 0 Å². The second kappa shape index (κ2) is 5.83. The van der Waals surface area contributed by atoms with Crippen molar-refractivity contribution in [2.45, 2.75) is 38.6 Å². The van der Waals surface area contributed by atoms with Crippen molar-refractivity contribution in [2.24, 2.45) is 17.6 Å². The van der Waals surface area contributed by atoms with E-state index in [0.717, 1.165) is 31.3 Å². The zero-order valence-corrected chi connectivity index (χ0v) is 10.8. The molecule has 0 aromatic rings. The van der Waals surface area contributed by atoms with E-state index in [4.69, 9.17) is 5.73 Å². The fraction of sp³-hybridized carbons (Fsp3) is 0.923. The normalized spacial score (nSPS) is 30.2. The fourth-order valence-corrected chi connectivity index (χ4v) is 3.06. The number of piperidine rings is 1. The van der Waals surface area contributed by atoms with Gasteiger partial charge >= 0.3 is 0 Å². The predicted molar refractivity (Wildman–Crippen MR) is 68.5 cm³/mol. The highest BCUT2D eigenvalue weighted by molar-refractivity contribution is 5.73. The topological polar surface area (TPSA) is 58.4 Å². The summed E-state index contributed by atoms with van der Waals surface area (Å²) in [4.78, 5) is 13.6. The summed E-state index contributed by atoms with van der Waals surface area (Å²) >= 11 is 0. The molecule has 0 bridgehead atoms. The number of nitrogens with two attached hydrogens (primary N) is 1. The molecule has 2 fully saturated rings. The average Bonchev–Trinajstić information content (AvgIpc) is 3.00. The SMILES string of the molecule is CC(=O)NC1CC(CC2CC2)CN(CCN)C1. The molecule has 1 aliphatic heterocycles. The van der Waals surface area contributed by atoms with E-state index >= 15 is 0 Å². The summed E-state index contributed by atoms with van der Waals surface area (Å²) in [6, 6.07) is 0.330. The maximum Gasteiger partial charge on any atom is 0.217 e. The molecule has 2 rings (SSSR count). The van der Waals surface area contributed by atoms with Crippen molar-refractivity contribution in [3.05, 3.63) is 0 Å². The molecule has 2 unspecified atom stereocenters. The summed E-state index contributed by atoms with van der Waals surface area (Å²) in [5.41, 5.74) is 5.64. The second-order valence-electron chi connectivity index (χ2n) is 5.73. The average molecular weight is 239 g/mol. The van der Waals surface area contributed by atoms with E-state index in [9.17, 15) is 4.79 Å². The van der Waals surface area contributed by atoms with Gasteiger partial charge in [0.2, 0.25) is 5.91 Å². The Kier molecular flexibility index (Phi) is 4.40. The molecule has 1 aliphatic carbocycles. The summed E-state index contributed by atoms with van der Waals surface area (Å²) in [5.74, 6) is 1.81. The molecule has 2 atom stereocenters. The van der Waals surface area contributed by atoms with Crippen molar-refractivity contribution in [1.82, 2.24) is 10.2 Å². The summed E-state index contributed by atoms with van der Waals surface area (Å²) in [6.07, 6.45) is 5.32. The molecule has 98 valence electrons. The summed E-state index contributed by atoms with van der Waals surface area (Å²) in [6.45, 7) is 5.42. The van der Waals surface area contributed by atoms with Gasteiger partial charge in [-0.1, -0.05) is 12.8 Å². The quantitative estimate of drug-likeness (QED) is 0.737. The summed E-state index contributed by atoms with van der Waals surface area (Å²) in [7, 11) is 0. The molecule has 2 aliphatic rings. The second-order valence-corrected chi connectivity index (χ2v) is 5.73. The molecule has 1 saturated carbocycles. The Morgan fingerprint density at radius 1 is 1.35 bits per heavy atom. The Bertz CT molecular complexity index is 265. The van der Waals surface area contributed by atoms with Crippen molar-refractivity contribution in [1.29, 1.82) is 0 Å². The highest BCUT2D eigenvalue weighted by atomic mass is 16.1. The molecule has 0 aromatic heterocycles. The molecule has 4 heteroatoms. The Morgan fingerprint density at radius 2 is 2.12 bits per heavy atom. The van der Waals surface area contributed by atoms with Gasteiger partial charge in [-0.25, -0.2) is 0 Å². The minimum atomic E-state index is 0.0924. The van der Waals surface area contributed by atoms with Gasteiger partial charge in [-0.3, -0.25) is 9.69 Å². The van der Waals surface area contributed by atoms with Crippen LogP contribution in [0.2, 0.25) is 0 Å². The molecule has 1 amide bonds. The number of hydrogen-bond acceptors (Lipinski definition) is 3. The van der Waals surface area contributed by atoms with Crippen molar-refractivity contribution in [2.75, 3.05) is 26.2 Å². The van der Waals surface area contributed by atoms with Gasteiger partial charge in [0.25, 0.3) is 0 Å². The third-order valence-corrected chi connectivity index (χ3v) is 3.83. The van der Waals surface area contributed by atoms with E-state index in [2.05, 4.69) is 10.2 Å². The van der Waals surface area contributed by atoms with E-state index in [0.29, 0.717) is 12.6 Å². The fourth-order valence-electron chi connectivity index (χ4n) is 3.06. The van der Waals surface area contributed by atoms with E-state index < -0.39 is 0 Å². The number of likely N-dealkylation sites (tertiary alicyclic amines) is 1. The molecule has 4 nitrogen and oxygen atoms in total. The van der Waals surface area contributed by atoms with E-state index in [1.165, 1.54) is 25.8 Å². The monoisotopic (exact) mass is 239 g/mol. The number of carbonyl (C=O) groups excluding carboxylic acids is 1. The zero-order chi connectivity index (χ0) is 12.3. The first kappa shape index (κ1) is 12.8. The third-order valence-electron chi connectivity index (χ3n) is 3.83. The number of rotatable bonds is 5. The summed E-state index contributed by atoms with van der Waals surface area (Å²) < 4.78 is 0. The van der Waals surface area contributed by atoms with Gasteiger partial charge in [-0.2, -0.15) is 0 Å². The van der Waals surface area contributed by atoms with Crippen molar-refractivity contribution < 1.29 is 4.79 Å². The lowest BCUT2D eigenvalue weighted by molar-refractivity contribution is -0.120. The number of nitrogens with zero attached hydrogens (tertiary/aromatic N) is 1. The lowest BCUT2D eigenvalue weighted by Gasteiger charge is -2.38. The van der Waals surface area contributed by atoms with Crippen molar-refractivity contribution in [3.63, 3.8) is 0 Å². The number of hydrogen-bond donors (Lipinski definition) is 2. The first-order chi connectivity index (χ1) is 8.17. The molecule has 1 heterocycles. The molecule has 1 saturated heterocycles. The first-order valence-corrected chi connectivity index (χ1v) is 6.87. The van der Waals surface area contributed by atoms with Crippen LogP contribution >= 0.6 is 0 Å². The third kappa shape index (κ3) is 4.28. The number of carbonyl (C=O) groups is 1. The van der Waals surface area contributed by atoms with Crippen LogP contribution in [0.3, 0.4) is 0 Å². The molecule has 3 N–H and O–H groups in total. The lowest BCUT2D eigenvalue weighted by atomic mass is 9.89. The molecule has 0 radical (unpaired) electrons. The standard InChI is InChI=1S/C13H25N3O/c1-10(17)15-13-7-12(6-11-2-3-11)8-16(9-13)5-4-14/h11-13H,2-9,14H2,1H3,(H,15,17). The van der Waals surface area contributed by atoms with Gasteiger partial charge in [0, 0.05) is 39.1 Å². The van der Waals surface area contributed by atoms with Crippen LogP contribution in [0.1, 0.15) is 32.6 Å². The smallest absolute Gasteiger partial charge is 0.217 e. The van der Waals surface area contributed by atoms with Crippen LogP contribution in [0.4, 0.5) is 0 Å². The van der Waals surface area contributed by atoms with Crippen LogP contribution in [0.25, 0.3) is 0 Å². The highest BCUT2D eigenvalue weighted by Crippen LogP contribution is 2.37. The molecular formula is C13H25N3O. The Morgan fingerprint density at radius 3 is 2.71 bits per heavy atom. The minimum absolute atomic E-state index is 0.0924. The molecule has 0 aromatic carbocycles. The first-order valence-electron chi connectivity index (χ1n) is 6.87. The van der Waals surface area contributed by atoms with Crippen molar-refractivity contribution >= 4 is 5.91 Å². The molecule has 17 heavy (non-hydrogen) atoms. The summed E-state index contributed by atoms with van der Waals surface area (Å²) in [5, 5.41) is 3.07. The Hall–Kier alpha value is -0.610. The van der Waals surface area contributed by atoms with Gasteiger partial charge in [0.1, 0.15) is 0 Å². The van der Waals surface area contributed by atoms with Crippen LogP contribution < -0.4 is 11.1 Å². The van der Waals surface area contributed by atoms with Crippen LogP contribution in [0.15, 0.2) is 0 Å². The lowest BCUT2D eigenvalue weighted by Crippen LogP contribution is -2.51. The van der Waals surface area contributed by atoms with Gasteiger partial charge < -0.3 is 11.1 Å². The highest BCUT2D eigenvalue weighted by Gasteiger charge is 2.32. The molecular weight excluding hydrogens is 214 g/mol. The van der Waals surface area contributed by atoms with E-state index in [-0.39, 0.29) is 5.91 Å². The Labute approximate surface area is 104 Å². The zero-order valence-electron chi connectivity index (χ0n) is 10.8. The van der Waals surface area contributed by atoms with E-state index in [1.807, 2.05) is 0 Å². The predicted octanol–water partition coefficient (Wildman–Crippen LogP) is 0.572. The maximum absolute atomic E-state index is 11.2. The Balaban J connectivity index is 1.85. The maximum atomic E-state index is 11.2. The van der Waals surface area contributed by atoms with Crippen LogP contribution in [-0.4, -0.2) is 43.0 Å². The van der Waals surface area contributed by atoms with Gasteiger partial charge in [-0.05, 0) is 24.7 Å².